The maximum Gasteiger partial charge on any atom is 0.161 e. The Balaban J connectivity index is 1.87. The van der Waals surface area contributed by atoms with Crippen LogP contribution in [0.15, 0.2) is 6.07 Å². The number of hydrogen-bond acceptors (Lipinski definition) is 3. The number of aromatic hydroxyl groups is 3. The summed E-state index contributed by atoms with van der Waals surface area (Å²) in [6.45, 7) is 1.82. The maximum absolute atomic E-state index is 10.4. The normalized spacial score (nSPS) is 38.4. The second-order valence-corrected chi connectivity index (χ2v) is 7.46. The monoisotopic (exact) mass is 274 g/mol. The molecule has 0 amide bonds. The van der Waals surface area contributed by atoms with E-state index in [9.17, 15) is 15.3 Å². The van der Waals surface area contributed by atoms with Gasteiger partial charge in [0.2, 0.25) is 0 Å². The molecule has 0 aliphatic heterocycles. The Hall–Kier alpha value is -1.38. The van der Waals surface area contributed by atoms with Gasteiger partial charge in [-0.15, -0.1) is 0 Å². The lowest BCUT2D eigenvalue weighted by Gasteiger charge is -2.57. The zero-order valence-electron chi connectivity index (χ0n) is 11.9. The topological polar surface area (TPSA) is 60.7 Å². The maximum atomic E-state index is 10.4. The minimum Gasteiger partial charge on any atom is -0.507 e. The van der Waals surface area contributed by atoms with Crippen molar-refractivity contribution in [3.8, 4) is 17.2 Å². The van der Waals surface area contributed by atoms with Crippen molar-refractivity contribution < 1.29 is 15.3 Å². The summed E-state index contributed by atoms with van der Waals surface area (Å²) in [4.78, 5) is 0. The Morgan fingerprint density at radius 3 is 1.90 bits per heavy atom. The summed E-state index contributed by atoms with van der Waals surface area (Å²) in [6, 6.07) is 1.32. The van der Waals surface area contributed by atoms with Crippen molar-refractivity contribution in [2.75, 3.05) is 0 Å². The fourth-order valence-electron chi connectivity index (χ4n) is 5.86. The van der Waals surface area contributed by atoms with E-state index < -0.39 is 0 Å². The molecular formula is C17H22O3. The van der Waals surface area contributed by atoms with Crippen LogP contribution < -0.4 is 0 Å². The minimum atomic E-state index is -0.214. The Bertz CT molecular complexity index is 541. The Morgan fingerprint density at radius 2 is 1.40 bits per heavy atom. The van der Waals surface area contributed by atoms with Gasteiger partial charge in [0.05, 0.1) is 0 Å². The van der Waals surface area contributed by atoms with Crippen LogP contribution in [0.2, 0.25) is 0 Å². The second-order valence-electron chi connectivity index (χ2n) is 7.46. The van der Waals surface area contributed by atoms with E-state index in [0.29, 0.717) is 5.56 Å². The quantitative estimate of drug-likeness (QED) is 0.542. The molecule has 4 aliphatic rings. The van der Waals surface area contributed by atoms with Crippen molar-refractivity contribution in [1.82, 2.24) is 0 Å². The van der Waals surface area contributed by atoms with E-state index >= 15 is 0 Å². The molecule has 1 aromatic carbocycles. The van der Waals surface area contributed by atoms with Gasteiger partial charge in [0.25, 0.3) is 0 Å². The summed E-state index contributed by atoms with van der Waals surface area (Å²) in [6.07, 6.45) is 7.46. The molecule has 0 atom stereocenters. The van der Waals surface area contributed by atoms with Crippen LogP contribution in [0.4, 0.5) is 0 Å². The Labute approximate surface area is 119 Å². The standard InChI is InChI=1S/C17H22O3/c1-9-15(13(18)5-14(19)16(9)20)17-6-10-2-11(7-17)4-12(3-10)8-17/h5,10-12,18-20H,2-4,6-8H2,1H3. The third kappa shape index (κ3) is 1.52. The van der Waals surface area contributed by atoms with E-state index in [4.69, 9.17) is 0 Å². The molecule has 0 radical (unpaired) electrons. The molecule has 0 spiro atoms. The fraction of sp³-hybridized carbons (Fsp3) is 0.647. The lowest BCUT2D eigenvalue weighted by atomic mass is 9.47. The van der Waals surface area contributed by atoms with Crippen molar-refractivity contribution in [3.05, 3.63) is 17.2 Å². The average molecular weight is 274 g/mol. The molecule has 0 saturated heterocycles. The van der Waals surface area contributed by atoms with Gasteiger partial charge in [-0.3, -0.25) is 0 Å². The van der Waals surface area contributed by atoms with Gasteiger partial charge in [-0.25, -0.2) is 0 Å². The van der Waals surface area contributed by atoms with Crippen LogP contribution in [0.5, 0.6) is 17.2 Å². The summed E-state index contributed by atoms with van der Waals surface area (Å²) < 4.78 is 0. The third-order valence-corrected chi connectivity index (χ3v) is 6.07. The second kappa shape index (κ2) is 3.84. The predicted octanol–water partition coefficient (Wildman–Crippen LogP) is 3.58. The molecule has 108 valence electrons. The molecule has 4 fully saturated rings. The highest BCUT2D eigenvalue weighted by atomic mass is 16.3. The molecule has 1 aromatic rings. The highest BCUT2D eigenvalue weighted by Gasteiger charge is 2.53. The summed E-state index contributed by atoms with van der Waals surface area (Å²) in [5, 5.41) is 30.1. The predicted molar refractivity (Wildman–Crippen MR) is 76.0 cm³/mol. The van der Waals surface area contributed by atoms with E-state index in [1.807, 2.05) is 6.92 Å². The zero-order valence-corrected chi connectivity index (χ0v) is 11.9. The summed E-state index contributed by atoms with van der Waals surface area (Å²) >= 11 is 0. The van der Waals surface area contributed by atoms with Crippen molar-refractivity contribution in [1.29, 1.82) is 0 Å². The number of phenolic OH excluding ortho intramolecular Hbond substituents is 3. The first-order valence-corrected chi connectivity index (χ1v) is 7.73. The third-order valence-electron chi connectivity index (χ3n) is 6.07. The molecule has 3 N–H and O–H groups in total. The Morgan fingerprint density at radius 1 is 0.900 bits per heavy atom. The van der Waals surface area contributed by atoms with E-state index in [-0.39, 0.29) is 22.7 Å². The van der Waals surface area contributed by atoms with Crippen molar-refractivity contribution in [3.63, 3.8) is 0 Å². The van der Waals surface area contributed by atoms with E-state index in [1.54, 1.807) is 0 Å². The largest absolute Gasteiger partial charge is 0.507 e. The molecule has 0 unspecified atom stereocenters. The van der Waals surface area contributed by atoms with E-state index in [2.05, 4.69) is 0 Å². The molecule has 4 saturated carbocycles. The summed E-state index contributed by atoms with van der Waals surface area (Å²) in [7, 11) is 0. The molecule has 3 nitrogen and oxygen atoms in total. The van der Waals surface area contributed by atoms with Crippen LogP contribution in [0.25, 0.3) is 0 Å². The van der Waals surface area contributed by atoms with Gasteiger partial charge in [-0.2, -0.15) is 0 Å². The molecule has 20 heavy (non-hydrogen) atoms. The minimum absolute atomic E-state index is 0.0358. The molecule has 5 rings (SSSR count). The molecule has 3 heteroatoms. The molecule has 4 bridgehead atoms. The van der Waals surface area contributed by atoms with Crippen LogP contribution in [-0.2, 0) is 5.41 Å². The van der Waals surface area contributed by atoms with Crippen LogP contribution >= 0.6 is 0 Å². The zero-order chi connectivity index (χ0) is 14.1. The van der Waals surface area contributed by atoms with Gasteiger partial charge in [-0.1, -0.05) is 0 Å². The average Bonchev–Trinajstić information content (AvgIpc) is 2.34. The van der Waals surface area contributed by atoms with Crippen LogP contribution in [0, 0.1) is 24.7 Å². The lowest BCUT2D eigenvalue weighted by molar-refractivity contribution is -0.00655. The number of hydrogen-bond donors (Lipinski definition) is 3. The van der Waals surface area contributed by atoms with Crippen LogP contribution in [0.1, 0.15) is 49.7 Å². The van der Waals surface area contributed by atoms with Gasteiger partial charge < -0.3 is 15.3 Å². The molecule has 0 heterocycles. The van der Waals surface area contributed by atoms with Gasteiger partial charge in [0, 0.05) is 22.6 Å². The van der Waals surface area contributed by atoms with Crippen molar-refractivity contribution >= 4 is 0 Å². The highest BCUT2D eigenvalue weighted by Crippen LogP contribution is 2.63. The first kappa shape index (κ1) is 12.4. The van der Waals surface area contributed by atoms with Crippen LogP contribution in [-0.4, -0.2) is 15.3 Å². The van der Waals surface area contributed by atoms with Gasteiger partial charge in [0.1, 0.15) is 5.75 Å². The van der Waals surface area contributed by atoms with E-state index in [1.165, 1.54) is 25.3 Å². The number of rotatable bonds is 1. The molecule has 0 aromatic heterocycles. The smallest absolute Gasteiger partial charge is 0.161 e. The van der Waals surface area contributed by atoms with E-state index in [0.717, 1.165) is 42.6 Å². The number of benzene rings is 1. The van der Waals surface area contributed by atoms with Crippen molar-refractivity contribution in [2.45, 2.75) is 50.9 Å². The first-order chi connectivity index (χ1) is 9.48. The van der Waals surface area contributed by atoms with Gasteiger partial charge >= 0.3 is 0 Å². The number of phenols is 3. The molecular weight excluding hydrogens is 252 g/mol. The molecule has 4 aliphatic carbocycles. The highest BCUT2D eigenvalue weighted by molar-refractivity contribution is 5.58. The van der Waals surface area contributed by atoms with Crippen LogP contribution in [0.3, 0.4) is 0 Å². The fourth-order valence-corrected chi connectivity index (χ4v) is 5.86. The SMILES string of the molecule is Cc1c(O)c(O)cc(O)c1C12CC3CC(CC(C3)C1)C2. The summed E-state index contributed by atoms with van der Waals surface area (Å²) in [5.41, 5.74) is 1.62. The van der Waals surface area contributed by atoms with Gasteiger partial charge in [-0.05, 0) is 63.2 Å². The lowest BCUT2D eigenvalue weighted by Crippen LogP contribution is -2.48. The summed E-state index contributed by atoms with van der Waals surface area (Å²) in [5.74, 6) is 2.25. The first-order valence-electron chi connectivity index (χ1n) is 7.73. The Kier molecular flexibility index (Phi) is 2.37. The van der Waals surface area contributed by atoms with Gasteiger partial charge in [0.15, 0.2) is 11.5 Å². The van der Waals surface area contributed by atoms with Crippen molar-refractivity contribution in [2.24, 2.45) is 17.8 Å².